The molecular weight excluding hydrogens is 450 g/mol. The molecule has 1 aliphatic heterocycles. The van der Waals surface area contributed by atoms with Crippen molar-refractivity contribution in [1.29, 1.82) is 0 Å². The summed E-state index contributed by atoms with van der Waals surface area (Å²) < 4.78 is 33.9. The average molecular weight is 482 g/mol. The number of benzene rings is 2. The topological polar surface area (TPSA) is 96.5 Å². The lowest BCUT2D eigenvalue weighted by Crippen LogP contribution is -2.31. The molecule has 2 N–H and O–H groups in total. The molecule has 0 radical (unpaired) electrons. The first kappa shape index (κ1) is 23.8. The Morgan fingerprint density at radius 2 is 1.56 bits per heavy atom. The van der Waals surface area contributed by atoms with Crippen molar-refractivity contribution in [3.63, 3.8) is 0 Å². The second kappa shape index (κ2) is 9.89. The maximum absolute atomic E-state index is 13.0. The molecule has 0 amide bonds. The van der Waals surface area contributed by atoms with Crippen LogP contribution in [0.1, 0.15) is 36.1 Å². The molecule has 2 aromatic carbocycles. The van der Waals surface area contributed by atoms with Gasteiger partial charge in [-0.15, -0.1) is 0 Å². The number of aryl methyl sites for hydroxylation is 3. The van der Waals surface area contributed by atoms with E-state index in [1.165, 1.54) is 6.42 Å². The minimum atomic E-state index is -3.74. The van der Waals surface area contributed by atoms with Crippen LogP contribution in [0.4, 0.5) is 23.1 Å². The van der Waals surface area contributed by atoms with Crippen LogP contribution in [0.3, 0.4) is 0 Å². The van der Waals surface area contributed by atoms with Gasteiger partial charge in [-0.05, 0) is 87.6 Å². The zero-order chi connectivity index (χ0) is 24.3. The number of rotatable bonds is 7. The average Bonchev–Trinajstić information content (AvgIpc) is 2.81. The standard InChI is InChI=1S/C25H31N5O3S/c1-17-15-23(18(2)14-22(17)33-4)34(31,32)29-21-10-8-20(9-11-21)27-24-16-19(3)26-25(28-24)30-12-6-5-7-13-30/h8-11,14-16,29H,5-7,12-13H2,1-4H3,(H,26,27,28). The number of nitrogens with one attached hydrogen (secondary N) is 2. The van der Waals surface area contributed by atoms with Crippen LogP contribution < -0.4 is 19.7 Å². The van der Waals surface area contributed by atoms with Gasteiger partial charge in [-0.1, -0.05) is 0 Å². The summed E-state index contributed by atoms with van der Waals surface area (Å²) >= 11 is 0. The zero-order valence-electron chi connectivity index (χ0n) is 20.1. The number of piperidine rings is 1. The molecule has 34 heavy (non-hydrogen) atoms. The van der Waals surface area contributed by atoms with Crippen LogP contribution in [0.15, 0.2) is 47.4 Å². The third kappa shape index (κ3) is 5.41. The van der Waals surface area contributed by atoms with Gasteiger partial charge in [-0.2, -0.15) is 4.98 Å². The first-order valence-electron chi connectivity index (χ1n) is 11.4. The fourth-order valence-electron chi connectivity index (χ4n) is 4.10. The second-order valence-corrected chi connectivity index (χ2v) is 10.3. The van der Waals surface area contributed by atoms with E-state index in [-0.39, 0.29) is 4.90 Å². The fourth-order valence-corrected chi connectivity index (χ4v) is 5.48. The summed E-state index contributed by atoms with van der Waals surface area (Å²) in [6, 6.07) is 12.4. The maximum Gasteiger partial charge on any atom is 0.262 e. The minimum Gasteiger partial charge on any atom is -0.496 e. The minimum absolute atomic E-state index is 0.231. The van der Waals surface area contributed by atoms with Crippen molar-refractivity contribution >= 4 is 33.2 Å². The van der Waals surface area contributed by atoms with E-state index in [0.717, 1.165) is 48.8 Å². The van der Waals surface area contributed by atoms with Gasteiger partial charge in [0.15, 0.2) is 0 Å². The maximum atomic E-state index is 13.0. The Labute approximate surface area is 201 Å². The van der Waals surface area contributed by atoms with Gasteiger partial charge in [0, 0.05) is 36.2 Å². The number of nitrogens with zero attached hydrogens (tertiary/aromatic N) is 3. The highest BCUT2D eigenvalue weighted by Crippen LogP contribution is 2.28. The van der Waals surface area contributed by atoms with Crippen molar-refractivity contribution in [1.82, 2.24) is 9.97 Å². The molecule has 180 valence electrons. The number of aromatic nitrogens is 2. The Hall–Kier alpha value is -3.33. The van der Waals surface area contributed by atoms with Gasteiger partial charge in [0.05, 0.1) is 12.0 Å². The smallest absolute Gasteiger partial charge is 0.262 e. The van der Waals surface area contributed by atoms with Crippen molar-refractivity contribution in [2.24, 2.45) is 0 Å². The van der Waals surface area contributed by atoms with Crippen molar-refractivity contribution in [2.45, 2.75) is 44.9 Å². The Morgan fingerprint density at radius 3 is 2.24 bits per heavy atom. The molecule has 0 atom stereocenters. The lowest BCUT2D eigenvalue weighted by atomic mass is 10.1. The fraction of sp³-hybridized carbons (Fsp3) is 0.360. The number of methoxy groups -OCH3 is 1. The van der Waals surface area contributed by atoms with Crippen LogP contribution in [0.25, 0.3) is 0 Å². The Bertz CT molecular complexity index is 1270. The van der Waals surface area contributed by atoms with Crippen molar-refractivity contribution in [2.75, 3.05) is 35.1 Å². The molecule has 0 unspecified atom stereocenters. The molecule has 3 aromatic rings. The molecule has 1 saturated heterocycles. The van der Waals surface area contributed by atoms with Gasteiger partial charge in [0.2, 0.25) is 5.95 Å². The van der Waals surface area contributed by atoms with E-state index in [4.69, 9.17) is 4.74 Å². The van der Waals surface area contributed by atoms with Crippen LogP contribution in [0.2, 0.25) is 0 Å². The van der Waals surface area contributed by atoms with Gasteiger partial charge >= 0.3 is 0 Å². The summed E-state index contributed by atoms with van der Waals surface area (Å²) in [6.07, 6.45) is 3.57. The number of hydrogen-bond acceptors (Lipinski definition) is 7. The zero-order valence-corrected chi connectivity index (χ0v) is 20.9. The number of ether oxygens (including phenoxy) is 1. The summed E-state index contributed by atoms with van der Waals surface area (Å²) in [6.45, 7) is 7.49. The van der Waals surface area contributed by atoms with E-state index in [2.05, 4.69) is 24.9 Å². The van der Waals surface area contributed by atoms with Crippen LogP contribution in [-0.2, 0) is 10.0 Å². The number of hydrogen-bond donors (Lipinski definition) is 2. The van der Waals surface area contributed by atoms with E-state index < -0.39 is 10.0 Å². The molecule has 9 heteroatoms. The Morgan fingerprint density at radius 1 is 0.882 bits per heavy atom. The lowest BCUT2D eigenvalue weighted by Gasteiger charge is -2.27. The quantitative estimate of drug-likeness (QED) is 0.493. The van der Waals surface area contributed by atoms with Gasteiger partial charge in [-0.3, -0.25) is 4.72 Å². The van der Waals surface area contributed by atoms with Crippen LogP contribution in [-0.4, -0.2) is 38.6 Å². The summed E-state index contributed by atoms with van der Waals surface area (Å²) in [5.41, 5.74) is 3.56. The summed E-state index contributed by atoms with van der Waals surface area (Å²) in [4.78, 5) is 11.7. The number of sulfonamides is 1. The van der Waals surface area contributed by atoms with Crippen LogP contribution >= 0.6 is 0 Å². The van der Waals surface area contributed by atoms with Gasteiger partial charge in [0.25, 0.3) is 10.0 Å². The number of anilines is 4. The van der Waals surface area contributed by atoms with Crippen LogP contribution in [0.5, 0.6) is 5.75 Å². The molecular formula is C25H31N5O3S. The normalized spacial score (nSPS) is 14.1. The Kier molecular flexibility index (Phi) is 6.92. The molecule has 0 saturated carbocycles. The monoisotopic (exact) mass is 481 g/mol. The van der Waals surface area contributed by atoms with E-state index in [1.54, 1.807) is 38.3 Å². The first-order chi connectivity index (χ1) is 16.2. The molecule has 1 aromatic heterocycles. The summed E-state index contributed by atoms with van der Waals surface area (Å²) in [7, 11) is -2.17. The van der Waals surface area contributed by atoms with E-state index in [9.17, 15) is 8.42 Å². The van der Waals surface area contributed by atoms with Gasteiger partial charge in [0.1, 0.15) is 11.6 Å². The molecule has 4 rings (SSSR count). The van der Waals surface area contributed by atoms with Gasteiger partial charge < -0.3 is 15.0 Å². The summed E-state index contributed by atoms with van der Waals surface area (Å²) in [5, 5.41) is 3.31. The summed E-state index contributed by atoms with van der Waals surface area (Å²) in [5.74, 6) is 2.12. The van der Waals surface area contributed by atoms with Crippen LogP contribution in [0, 0.1) is 20.8 Å². The van der Waals surface area contributed by atoms with Crippen molar-refractivity contribution < 1.29 is 13.2 Å². The highest BCUT2D eigenvalue weighted by molar-refractivity contribution is 7.92. The predicted octanol–water partition coefficient (Wildman–Crippen LogP) is 4.95. The molecule has 0 spiro atoms. The Balaban J connectivity index is 1.49. The lowest BCUT2D eigenvalue weighted by molar-refractivity contribution is 0.411. The predicted molar refractivity (Wildman–Crippen MR) is 136 cm³/mol. The molecule has 8 nitrogen and oxygen atoms in total. The van der Waals surface area contributed by atoms with E-state index in [1.807, 2.05) is 32.0 Å². The SMILES string of the molecule is COc1cc(C)c(S(=O)(=O)Nc2ccc(Nc3cc(C)nc(N4CCCCC4)n3)cc2)cc1C. The molecule has 0 bridgehead atoms. The molecule has 1 fully saturated rings. The van der Waals surface area contributed by atoms with Gasteiger partial charge in [-0.25, -0.2) is 13.4 Å². The highest BCUT2D eigenvalue weighted by atomic mass is 32.2. The van der Waals surface area contributed by atoms with Crippen molar-refractivity contribution in [3.8, 4) is 5.75 Å². The first-order valence-corrected chi connectivity index (χ1v) is 12.9. The largest absolute Gasteiger partial charge is 0.496 e. The molecule has 1 aliphatic rings. The highest BCUT2D eigenvalue weighted by Gasteiger charge is 2.19. The second-order valence-electron chi connectivity index (χ2n) is 8.64. The van der Waals surface area contributed by atoms with Crippen molar-refractivity contribution in [3.05, 3.63) is 59.3 Å². The third-order valence-electron chi connectivity index (χ3n) is 5.87. The van der Waals surface area contributed by atoms with E-state index in [0.29, 0.717) is 22.8 Å². The third-order valence-corrected chi connectivity index (χ3v) is 7.40. The van der Waals surface area contributed by atoms with E-state index >= 15 is 0 Å². The molecule has 2 heterocycles. The molecule has 0 aliphatic carbocycles.